The van der Waals surface area contributed by atoms with E-state index in [0.29, 0.717) is 25.1 Å². The first-order chi connectivity index (χ1) is 16.5. The molecule has 4 rings (SSSR count). The van der Waals surface area contributed by atoms with E-state index in [9.17, 15) is 4.79 Å². The van der Waals surface area contributed by atoms with Crippen LogP contribution in [0.1, 0.15) is 55.5 Å². The number of aryl methyl sites for hydroxylation is 2. The number of methoxy groups -OCH3 is 2. The molecule has 2 aromatic heterocycles. The molecule has 0 aliphatic heterocycles. The second-order valence-corrected chi connectivity index (χ2v) is 8.84. The van der Waals surface area contributed by atoms with Gasteiger partial charge in [0.15, 0.2) is 5.65 Å². The fourth-order valence-corrected chi connectivity index (χ4v) is 4.65. The second kappa shape index (κ2) is 10.7. The highest BCUT2D eigenvalue weighted by Gasteiger charge is 2.17. The minimum atomic E-state index is 0.0828. The predicted molar refractivity (Wildman–Crippen MR) is 133 cm³/mol. The van der Waals surface area contributed by atoms with Crippen LogP contribution >= 0.6 is 0 Å². The molecular formula is C27H34N4O3. The SMILES string of the molecule is COc1ccc(-c2cc3nc(C)c(CCC(=O)NCCC4=CCCCC4)c(C)n3n2)c(OC)c1. The van der Waals surface area contributed by atoms with Crippen molar-refractivity contribution in [3.63, 3.8) is 0 Å². The van der Waals surface area contributed by atoms with Crippen molar-refractivity contribution in [2.45, 2.75) is 58.8 Å². The zero-order chi connectivity index (χ0) is 24.1. The smallest absolute Gasteiger partial charge is 0.220 e. The number of hydrogen-bond acceptors (Lipinski definition) is 5. The van der Waals surface area contributed by atoms with Gasteiger partial charge in [-0.15, -0.1) is 0 Å². The molecule has 7 nitrogen and oxygen atoms in total. The Bertz CT molecular complexity index is 1210. The molecule has 7 heteroatoms. The average molecular weight is 463 g/mol. The molecule has 0 saturated carbocycles. The molecular weight excluding hydrogens is 428 g/mol. The molecule has 0 atom stereocenters. The highest BCUT2D eigenvalue weighted by Crippen LogP contribution is 2.33. The van der Waals surface area contributed by atoms with E-state index in [1.165, 1.54) is 31.3 Å². The highest BCUT2D eigenvalue weighted by molar-refractivity contribution is 5.76. The Morgan fingerprint density at radius 3 is 2.71 bits per heavy atom. The van der Waals surface area contributed by atoms with Gasteiger partial charge in [-0.3, -0.25) is 4.79 Å². The quantitative estimate of drug-likeness (QED) is 0.454. The molecule has 2 heterocycles. The topological polar surface area (TPSA) is 77.8 Å². The van der Waals surface area contributed by atoms with E-state index >= 15 is 0 Å². The molecule has 0 saturated heterocycles. The van der Waals surface area contributed by atoms with Crippen molar-refractivity contribution >= 4 is 11.6 Å². The van der Waals surface area contributed by atoms with Gasteiger partial charge in [0.05, 0.1) is 19.9 Å². The Morgan fingerprint density at radius 1 is 1.12 bits per heavy atom. The number of carbonyl (C=O) groups excluding carboxylic acids is 1. The maximum Gasteiger partial charge on any atom is 0.220 e. The van der Waals surface area contributed by atoms with Crippen LogP contribution in [0.3, 0.4) is 0 Å². The molecule has 3 aromatic rings. The van der Waals surface area contributed by atoms with Crippen LogP contribution in [0.2, 0.25) is 0 Å². The van der Waals surface area contributed by atoms with Crippen molar-refractivity contribution in [3.05, 3.63) is 52.9 Å². The van der Waals surface area contributed by atoms with Crippen LogP contribution in [0, 0.1) is 13.8 Å². The van der Waals surface area contributed by atoms with Gasteiger partial charge in [0.2, 0.25) is 5.91 Å². The van der Waals surface area contributed by atoms with E-state index < -0.39 is 0 Å². The molecule has 0 radical (unpaired) electrons. The molecule has 0 spiro atoms. The summed E-state index contributed by atoms with van der Waals surface area (Å²) in [6, 6.07) is 7.64. The molecule has 0 unspecified atom stereocenters. The Labute approximate surface area is 201 Å². The third-order valence-corrected chi connectivity index (χ3v) is 6.60. The zero-order valence-corrected chi connectivity index (χ0v) is 20.6. The number of amides is 1. The van der Waals surface area contributed by atoms with Crippen molar-refractivity contribution in [1.82, 2.24) is 19.9 Å². The minimum Gasteiger partial charge on any atom is -0.497 e. The van der Waals surface area contributed by atoms with Gasteiger partial charge in [-0.2, -0.15) is 5.10 Å². The van der Waals surface area contributed by atoms with Gasteiger partial charge >= 0.3 is 0 Å². The fraction of sp³-hybridized carbons (Fsp3) is 0.444. The van der Waals surface area contributed by atoms with Gasteiger partial charge in [-0.1, -0.05) is 11.6 Å². The first-order valence-electron chi connectivity index (χ1n) is 12.0. The van der Waals surface area contributed by atoms with Gasteiger partial charge in [-0.25, -0.2) is 9.50 Å². The number of nitrogens with one attached hydrogen (secondary N) is 1. The van der Waals surface area contributed by atoms with Crippen molar-refractivity contribution in [1.29, 1.82) is 0 Å². The maximum absolute atomic E-state index is 12.5. The number of benzene rings is 1. The molecule has 180 valence electrons. The van der Waals surface area contributed by atoms with E-state index in [2.05, 4.69) is 11.4 Å². The number of nitrogens with zero attached hydrogens (tertiary/aromatic N) is 3. The van der Waals surface area contributed by atoms with E-state index in [-0.39, 0.29) is 5.91 Å². The highest BCUT2D eigenvalue weighted by atomic mass is 16.5. The number of carbonyl (C=O) groups is 1. The third-order valence-electron chi connectivity index (χ3n) is 6.60. The van der Waals surface area contributed by atoms with Crippen LogP contribution in [-0.4, -0.2) is 41.3 Å². The van der Waals surface area contributed by atoms with Gasteiger partial charge in [0.25, 0.3) is 0 Å². The predicted octanol–water partition coefficient (Wildman–Crippen LogP) is 4.97. The summed E-state index contributed by atoms with van der Waals surface area (Å²) in [7, 11) is 3.27. The molecule has 1 aliphatic carbocycles. The standard InChI is InChI=1S/C27H34N4O3/c1-18-22(12-13-27(32)28-15-14-20-8-6-5-7-9-20)19(2)31-26(29-18)17-24(30-31)23-11-10-21(33-3)16-25(23)34-4/h8,10-11,16-17H,5-7,9,12-15H2,1-4H3,(H,28,32). The summed E-state index contributed by atoms with van der Waals surface area (Å²) in [5.41, 5.74) is 6.91. The van der Waals surface area contributed by atoms with E-state index in [1.807, 2.05) is 42.6 Å². The average Bonchev–Trinajstić information content (AvgIpc) is 3.28. The van der Waals surface area contributed by atoms with Crippen LogP contribution in [-0.2, 0) is 11.2 Å². The molecule has 1 aliphatic rings. The molecule has 1 aromatic carbocycles. The first-order valence-corrected chi connectivity index (χ1v) is 12.0. The Kier molecular flexibility index (Phi) is 7.50. The number of fused-ring (bicyclic) bond motifs is 1. The lowest BCUT2D eigenvalue weighted by Crippen LogP contribution is -2.25. The van der Waals surface area contributed by atoms with Crippen molar-refractivity contribution in [2.75, 3.05) is 20.8 Å². The maximum atomic E-state index is 12.5. The summed E-state index contributed by atoms with van der Waals surface area (Å²) in [5.74, 6) is 1.50. The number of hydrogen-bond donors (Lipinski definition) is 1. The summed E-state index contributed by atoms with van der Waals surface area (Å²) >= 11 is 0. The van der Waals surface area contributed by atoms with Crippen LogP contribution in [0.25, 0.3) is 16.9 Å². The van der Waals surface area contributed by atoms with Gasteiger partial charge in [0, 0.05) is 42.0 Å². The Hall–Kier alpha value is -3.35. The van der Waals surface area contributed by atoms with Crippen LogP contribution in [0.4, 0.5) is 0 Å². The summed E-state index contributed by atoms with van der Waals surface area (Å²) in [6.45, 7) is 4.75. The van der Waals surface area contributed by atoms with Crippen LogP contribution in [0.5, 0.6) is 11.5 Å². The monoisotopic (exact) mass is 462 g/mol. The molecule has 0 bridgehead atoms. The van der Waals surface area contributed by atoms with E-state index in [1.54, 1.807) is 14.2 Å². The van der Waals surface area contributed by atoms with Crippen LogP contribution < -0.4 is 14.8 Å². The largest absolute Gasteiger partial charge is 0.497 e. The summed E-state index contributed by atoms with van der Waals surface area (Å²) < 4.78 is 12.7. The number of ether oxygens (including phenoxy) is 2. The zero-order valence-electron chi connectivity index (χ0n) is 20.6. The molecule has 1 amide bonds. The minimum absolute atomic E-state index is 0.0828. The lowest BCUT2D eigenvalue weighted by Gasteiger charge is -2.13. The van der Waals surface area contributed by atoms with Gasteiger partial charge in [-0.05, 0) is 70.1 Å². The number of allylic oxidation sites excluding steroid dienone is 1. The second-order valence-electron chi connectivity index (χ2n) is 8.84. The van der Waals surface area contributed by atoms with E-state index in [4.69, 9.17) is 19.6 Å². The number of aromatic nitrogens is 3. The molecule has 1 N–H and O–H groups in total. The Balaban J connectivity index is 1.47. The normalized spacial score (nSPS) is 13.6. The van der Waals surface area contributed by atoms with Crippen molar-refractivity contribution in [3.8, 4) is 22.8 Å². The fourth-order valence-electron chi connectivity index (χ4n) is 4.65. The first kappa shape index (κ1) is 23.8. The van der Waals surface area contributed by atoms with Crippen molar-refractivity contribution < 1.29 is 14.3 Å². The summed E-state index contributed by atoms with van der Waals surface area (Å²) in [6.07, 6.45) is 9.29. The van der Waals surface area contributed by atoms with Crippen LogP contribution in [0.15, 0.2) is 35.9 Å². The lowest BCUT2D eigenvalue weighted by molar-refractivity contribution is -0.121. The van der Waals surface area contributed by atoms with Crippen molar-refractivity contribution in [2.24, 2.45) is 0 Å². The Morgan fingerprint density at radius 2 is 1.97 bits per heavy atom. The molecule has 0 fully saturated rings. The van der Waals surface area contributed by atoms with Gasteiger partial charge < -0.3 is 14.8 Å². The lowest BCUT2D eigenvalue weighted by atomic mass is 9.97. The van der Waals surface area contributed by atoms with Gasteiger partial charge in [0.1, 0.15) is 11.5 Å². The summed E-state index contributed by atoms with van der Waals surface area (Å²) in [5, 5.41) is 7.88. The molecule has 34 heavy (non-hydrogen) atoms. The number of rotatable bonds is 9. The summed E-state index contributed by atoms with van der Waals surface area (Å²) in [4.78, 5) is 17.2. The van der Waals surface area contributed by atoms with E-state index in [0.717, 1.165) is 46.0 Å². The third kappa shape index (κ3) is 5.24.